The van der Waals surface area contributed by atoms with Gasteiger partial charge < -0.3 is 10.6 Å². The van der Waals surface area contributed by atoms with Crippen molar-refractivity contribution >= 4 is 39.9 Å². The number of aromatic nitrogens is 2. The van der Waals surface area contributed by atoms with Gasteiger partial charge in [-0.2, -0.15) is 5.26 Å². The number of para-hydroxylation sites is 1. The van der Waals surface area contributed by atoms with Crippen LogP contribution in [0, 0.1) is 11.3 Å². The van der Waals surface area contributed by atoms with Crippen molar-refractivity contribution in [1.29, 1.82) is 5.26 Å². The van der Waals surface area contributed by atoms with E-state index in [4.69, 9.17) is 33.4 Å². The molecule has 0 amide bonds. The van der Waals surface area contributed by atoms with Gasteiger partial charge in [-0.1, -0.05) is 66.7 Å². The number of hydrogen-bond acceptors (Lipinski definition) is 5. The van der Waals surface area contributed by atoms with Crippen molar-refractivity contribution in [3.63, 3.8) is 0 Å². The van der Waals surface area contributed by atoms with E-state index in [0.717, 1.165) is 41.1 Å². The fourth-order valence-corrected chi connectivity index (χ4v) is 2.98. The van der Waals surface area contributed by atoms with Crippen molar-refractivity contribution in [3.05, 3.63) is 89.1 Å². The second kappa shape index (κ2) is 12.5. The first kappa shape index (κ1) is 24.9. The number of benzene rings is 2. The van der Waals surface area contributed by atoms with Gasteiger partial charge in [-0.15, -0.1) is 0 Å². The summed E-state index contributed by atoms with van der Waals surface area (Å²) in [6, 6.07) is 15.2. The number of fused-ring (bicyclic) bond motifs is 1. The molecule has 0 aliphatic carbocycles. The highest BCUT2D eigenvalue weighted by molar-refractivity contribution is 6.43. The lowest BCUT2D eigenvalue weighted by molar-refractivity contribution is 0.814. The molecule has 0 fully saturated rings. The number of rotatable bonds is 7. The van der Waals surface area contributed by atoms with E-state index in [0.29, 0.717) is 21.4 Å². The number of hydrogen-bond donors (Lipinski definition) is 2. The van der Waals surface area contributed by atoms with Crippen LogP contribution >= 0.6 is 23.2 Å². The predicted molar refractivity (Wildman–Crippen MR) is 136 cm³/mol. The van der Waals surface area contributed by atoms with Gasteiger partial charge in [-0.3, -0.25) is 0 Å². The standard InChI is InChI=1S/C20H20Cl2N4.C5H5N/c1-3-13(2)23-11-12-24-19-14-7-4-5-10-17(14)25-20(26-19)15-8-6-9-16(21)18(15)22;1-3-5(2)4-6/h3-10,23H,11-12H2,1-2H3,(H,24,25,26);3H,1-2H2/b13-3+;. The van der Waals surface area contributed by atoms with Gasteiger partial charge in [0.2, 0.25) is 0 Å². The summed E-state index contributed by atoms with van der Waals surface area (Å²) < 4.78 is 0. The normalized spacial score (nSPS) is 10.5. The summed E-state index contributed by atoms with van der Waals surface area (Å²) in [6.45, 7) is 12.2. The zero-order valence-corrected chi connectivity index (χ0v) is 19.6. The first-order valence-electron chi connectivity index (χ1n) is 9.94. The van der Waals surface area contributed by atoms with E-state index in [-0.39, 0.29) is 0 Å². The van der Waals surface area contributed by atoms with Crippen molar-refractivity contribution < 1.29 is 0 Å². The van der Waals surface area contributed by atoms with E-state index in [1.807, 2.05) is 56.3 Å². The topological polar surface area (TPSA) is 73.6 Å². The molecule has 1 aromatic heterocycles. The summed E-state index contributed by atoms with van der Waals surface area (Å²) in [5, 5.41) is 16.6. The largest absolute Gasteiger partial charge is 0.387 e. The Morgan fingerprint density at radius 3 is 2.53 bits per heavy atom. The molecule has 0 spiro atoms. The van der Waals surface area contributed by atoms with Crippen LogP contribution in [0.15, 0.2) is 79.0 Å². The predicted octanol–water partition coefficient (Wildman–Crippen LogP) is 6.78. The highest BCUT2D eigenvalue weighted by Gasteiger charge is 2.13. The van der Waals surface area contributed by atoms with Gasteiger partial charge in [0, 0.05) is 35.3 Å². The first-order valence-corrected chi connectivity index (χ1v) is 10.7. The molecule has 0 saturated heterocycles. The van der Waals surface area contributed by atoms with Gasteiger partial charge in [-0.05, 0) is 38.1 Å². The third-order valence-electron chi connectivity index (χ3n) is 4.44. The lowest BCUT2D eigenvalue weighted by Crippen LogP contribution is -2.21. The molecule has 1 heterocycles. The summed E-state index contributed by atoms with van der Waals surface area (Å²) in [7, 11) is 0. The molecule has 2 N–H and O–H groups in total. The van der Waals surface area contributed by atoms with Gasteiger partial charge in [0.25, 0.3) is 0 Å². The van der Waals surface area contributed by atoms with E-state index in [2.05, 4.69) is 28.8 Å². The monoisotopic (exact) mass is 465 g/mol. The molecule has 2 aromatic carbocycles. The molecule has 0 unspecified atom stereocenters. The molecular weight excluding hydrogens is 441 g/mol. The molecule has 164 valence electrons. The molecule has 3 aromatic rings. The van der Waals surface area contributed by atoms with Crippen LogP contribution in [0.1, 0.15) is 13.8 Å². The van der Waals surface area contributed by atoms with E-state index >= 15 is 0 Å². The van der Waals surface area contributed by atoms with Crippen LogP contribution in [0.25, 0.3) is 22.3 Å². The Bertz CT molecular complexity index is 1180. The molecule has 0 radical (unpaired) electrons. The van der Waals surface area contributed by atoms with Gasteiger partial charge in [0.05, 0.1) is 21.6 Å². The van der Waals surface area contributed by atoms with Gasteiger partial charge in [0.15, 0.2) is 5.82 Å². The summed E-state index contributed by atoms with van der Waals surface area (Å²) in [5.74, 6) is 1.33. The van der Waals surface area contributed by atoms with Crippen LogP contribution in [0.2, 0.25) is 10.0 Å². The molecule has 0 saturated carbocycles. The van der Waals surface area contributed by atoms with Crippen molar-refractivity contribution in [3.8, 4) is 17.5 Å². The fraction of sp³-hybridized carbons (Fsp3) is 0.160. The van der Waals surface area contributed by atoms with Crippen LogP contribution in [0.3, 0.4) is 0 Å². The van der Waals surface area contributed by atoms with E-state index in [9.17, 15) is 0 Å². The van der Waals surface area contributed by atoms with Gasteiger partial charge in [-0.25, -0.2) is 9.97 Å². The maximum atomic E-state index is 7.91. The van der Waals surface area contributed by atoms with Crippen LogP contribution in [0.5, 0.6) is 0 Å². The van der Waals surface area contributed by atoms with Gasteiger partial charge >= 0.3 is 0 Å². The minimum Gasteiger partial charge on any atom is -0.387 e. The lowest BCUT2D eigenvalue weighted by Gasteiger charge is -2.13. The molecule has 0 atom stereocenters. The second-order valence-electron chi connectivity index (χ2n) is 6.68. The Kier molecular flexibility index (Phi) is 9.75. The average molecular weight is 466 g/mol. The Hall–Kier alpha value is -3.33. The second-order valence-corrected chi connectivity index (χ2v) is 7.47. The number of anilines is 1. The molecule has 7 heteroatoms. The Balaban J connectivity index is 0.000000534. The van der Waals surface area contributed by atoms with Crippen LogP contribution < -0.4 is 10.6 Å². The summed E-state index contributed by atoms with van der Waals surface area (Å²) in [4.78, 5) is 9.36. The zero-order valence-electron chi connectivity index (χ0n) is 18.1. The molecule has 0 aliphatic heterocycles. The molecule has 3 rings (SSSR count). The minimum atomic E-state index is 0.412. The number of nitrogens with one attached hydrogen (secondary N) is 2. The molecule has 5 nitrogen and oxygen atoms in total. The number of allylic oxidation sites excluding steroid dienone is 4. The summed E-state index contributed by atoms with van der Waals surface area (Å²) in [6.07, 6.45) is 3.46. The van der Waals surface area contributed by atoms with Crippen LogP contribution in [-0.4, -0.2) is 23.1 Å². The van der Waals surface area contributed by atoms with E-state index < -0.39 is 0 Å². The van der Waals surface area contributed by atoms with E-state index in [1.165, 1.54) is 6.08 Å². The number of nitrogens with zero attached hydrogens (tertiary/aromatic N) is 3. The van der Waals surface area contributed by atoms with Crippen molar-refractivity contribution in [1.82, 2.24) is 15.3 Å². The minimum absolute atomic E-state index is 0.412. The average Bonchev–Trinajstić information content (AvgIpc) is 2.82. The van der Waals surface area contributed by atoms with Gasteiger partial charge in [0.1, 0.15) is 5.82 Å². The first-order chi connectivity index (χ1) is 15.4. The number of halogens is 2. The van der Waals surface area contributed by atoms with Crippen molar-refractivity contribution in [2.24, 2.45) is 0 Å². The Morgan fingerprint density at radius 2 is 1.88 bits per heavy atom. The highest BCUT2D eigenvalue weighted by Crippen LogP contribution is 2.33. The Labute approximate surface area is 199 Å². The maximum absolute atomic E-state index is 7.91. The van der Waals surface area contributed by atoms with Crippen LogP contribution in [-0.2, 0) is 0 Å². The zero-order chi connectivity index (χ0) is 23.5. The molecule has 0 bridgehead atoms. The van der Waals surface area contributed by atoms with Crippen LogP contribution in [0.4, 0.5) is 5.82 Å². The lowest BCUT2D eigenvalue weighted by atomic mass is 10.2. The quantitative estimate of drug-likeness (QED) is 0.228. The van der Waals surface area contributed by atoms with E-state index in [1.54, 1.807) is 12.1 Å². The third kappa shape index (κ3) is 6.84. The van der Waals surface area contributed by atoms with Crippen molar-refractivity contribution in [2.75, 3.05) is 18.4 Å². The van der Waals surface area contributed by atoms with Crippen molar-refractivity contribution in [2.45, 2.75) is 13.8 Å². The molecule has 0 aliphatic rings. The summed E-state index contributed by atoms with van der Waals surface area (Å²) >= 11 is 12.5. The smallest absolute Gasteiger partial charge is 0.163 e. The molecule has 32 heavy (non-hydrogen) atoms. The molecular formula is C25H25Cl2N5. The maximum Gasteiger partial charge on any atom is 0.163 e. The fourth-order valence-electron chi connectivity index (χ4n) is 2.60. The summed E-state index contributed by atoms with van der Waals surface area (Å²) in [5.41, 5.74) is 3.13. The Morgan fingerprint density at radius 1 is 1.12 bits per heavy atom. The SMILES string of the molecule is C/C=C(\C)NCCNc1nc(-c2cccc(Cl)c2Cl)nc2ccccc12.C=CC(=C)C#N. The highest BCUT2D eigenvalue weighted by atomic mass is 35.5. The number of nitriles is 1. The third-order valence-corrected chi connectivity index (χ3v) is 5.26.